The molecule has 3 heteroatoms. The third-order valence-electron chi connectivity index (χ3n) is 12.2. The lowest BCUT2D eigenvalue weighted by Crippen LogP contribution is -2.54. The summed E-state index contributed by atoms with van der Waals surface area (Å²) >= 11 is 0. The molecular formula is C30H48O3. The highest BCUT2D eigenvalue weighted by Crippen LogP contribution is 2.72. The zero-order valence-corrected chi connectivity index (χ0v) is 22.4. The van der Waals surface area contributed by atoms with Crippen LogP contribution in [-0.2, 0) is 4.74 Å². The lowest BCUT2D eigenvalue weighted by molar-refractivity contribution is -0.0912. The van der Waals surface area contributed by atoms with Crippen LogP contribution in [-0.4, -0.2) is 34.1 Å². The molecule has 0 aromatic rings. The fourth-order valence-corrected chi connectivity index (χ4v) is 9.48. The van der Waals surface area contributed by atoms with E-state index in [2.05, 4.69) is 53.7 Å². The second kappa shape index (κ2) is 7.20. The molecule has 33 heavy (non-hydrogen) atoms. The zero-order valence-electron chi connectivity index (χ0n) is 22.4. The van der Waals surface area contributed by atoms with Gasteiger partial charge >= 0.3 is 0 Å². The molecule has 9 atom stereocenters. The summed E-state index contributed by atoms with van der Waals surface area (Å²) in [4.78, 5) is 0. The topological polar surface area (TPSA) is 49.7 Å². The molecule has 1 saturated heterocycles. The van der Waals surface area contributed by atoms with Crippen molar-refractivity contribution >= 4 is 0 Å². The molecule has 3 fully saturated rings. The summed E-state index contributed by atoms with van der Waals surface area (Å²) in [7, 11) is 0. The first-order chi connectivity index (χ1) is 15.2. The lowest BCUT2D eigenvalue weighted by Gasteiger charge is -2.61. The second-order valence-electron chi connectivity index (χ2n) is 14.3. The summed E-state index contributed by atoms with van der Waals surface area (Å²) in [6, 6.07) is 0. The first kappa shape index (κ1) is 24.1. The van der Waals surface area contributed by atoms with Gasteiger partial charge in [-0.15, -0.1) is 0 Å². The van der Waals surface area contributed by atoms with E-state index < -0.39 is 5.60 Å². The first-order valence-corrected chi connectivity index (χ1v) is 13.6. The average Bonchev–Trinajstić information content (AvgIpc) is 3.17. The number of allylic oxidation sites excluding steroid dienone is 4. The maximum atomic E-state index is 10.8. The molecule has 5 rings (SSSR count). The fraction of sp³-hybridized carbons (Fsp3) is 0.867. The molecule has 2 N–H and O–H groups in total. The Morgan fingerprint density at radius 2 is 1.61 bits per heavy atom. The van der Waals surface area contributed by atoms with Crippen LogP contribution < -0.4 is 0 Å². The van der Waals surface area contributed by atoms with Gasteiger partial charge in [0.2, 0.25) is 0 Å². The predicted octanol–water partition coefficient (Wildman–Crippen LogP) is 6.44. The highest BCUT2D eigenvalue weighted by molar-refractivity contribution is 5.49. The van der Waals surface area contributed by atoms with Crippen molar-refractivity contribution in [3.05, 3.63) is 23.3 Å². The number of ether oxygens (including phenoxy) is 1. The molecule has 4 aliphatic carbocycles. The molecule has 1 unspecified atom stereocenters. The van der Waals surface area contributed by atoms with E-state index in [4.69, 9.17) is 4.74 Å². The Labute approximate surface area is 202 Å². The number of aliphatic hydroxyl groups excluding tert-OH is 2. The van der Waals surface area contributed by atoms with Crippen LogP contribution in [0.5, 0.6) is 0 Å². The molecule has 0 aromatic heterocycles. The van der Waals surface area contributed by atoms with E-state index in [1.165, 1.54) is 12.8 Å². The number of hydrogen-bond donors (Lipinski definition) is 2. The van der Waals surface area contributed by atoms with Crippen LogP contribution in [0.3, 0.4) is 0 Å². The highest BCUT2D eigenvalue weighted by atomic mass is 16.5. The van der Waals surface area contributed by atoms with E-state index in [-0.39, 0.29) is 40.0 Å². The third-order valence-corrected chi connectivity index (χ3v) is 12.2. The molecule has 3 nitrogen and oxygen atoms in total. The van der Waals surface area contributed by atoms with Gasteiger partial charge in [-0.3, -0.25) is 0 Å². The van der Waals surface area contributed by atoms with Gasteiger partial charge in [-0.2, -0.15) is 0 Å². The minimum absolute atomic E-state index is 0.0439. The Bertz CT molecular complexity index is 883. The Kier molecular flexibility index (Phi) is 5.25. The van der Waals surface area contributed by atoms with Gasteiger partial charge in [0.05, 0.1) is 23.9 Å². The Hall–Kier alpha value is -0.640. The van der Waals surface area contributed by atoms with E-state index in [1.54, 1.807) is 11.1 Å². The molecule has 186 valence electrons. The smallest absolute Gasteiger partial charge is 0.0889 e. The highest BCUT2D eigenvalue weighted by Gasteiger charge is 2.64. The quantitative estimate of drug-likeness (QED) is 0.503. The molecular weight excluding hydrogens is 408 g/mol. The molecule has 0 bridgehead atoms. The molecule has 0 spiro atoms. The van der Waals surface area contributed by atoms with Crippen molar-refractivity contribution < 1.29 is 14.9 Å². The van der Waals surface area contributed by atoms with E-state index in [0.717, 1.165) is 32.1 Å². The molecule has 5 aliphatic rings. The van der Waals surface area contributed by atoms with Gasteiger partial charge in [-0.25, -0.2) is 0 Å². The molecule has 0 amide bonds. The van der Waals surface area contributed by atoms with Crippen molar-refractivity contribution in [1.29, 1.82) is 0 Å². The maximum absolute atomic E-state index is 10.8. The van der Waals surface area contributed by atoms with Crippen LogP contribution >= 0.6 is 0 Å². The van der Waals surface area contributed by atoms with E-state index in [1.807, 2.05) is 13.8 Å². The lowest BCUT2D eigenvalue weighted by atomic mass is 9.44. The monoisotopic (exact) mass is 456 g/mol. The maximum Gasteiger partial charge on any atom is 0.0889 e. The number of fused-ring (bicyclic) bond motifs is 5. The summed E-state index contributed by atoms with van der Waals surface area (Å²) in [5.74, 6) is 1.55. The largest absolute Gasteiger partial charge is 0.393 e. The van der Waals surface area contributed by atoms with Gasteiger partial charge in [0, 0.05) is 6.42 Å². The van der Waals surface area contributed by atoms with Gasteiger partial charge < -0.3 is 14.9 Å². The van der Waals surface area contributed by atoms with Gasteiger partial charge in [0.1, 0.15) is 0 Å². The van der Waals surface area contributed by atoms with Crippen LogP contribution in [0.25, 0.3) is 0 Å². The SMILES string of the molecule is C[C@@H]([C@H]1CC[C@@]2(C)C3=CCC4C(C)(C)[C@@H](O)CC[C@]4(C)C3=CC[C@]12C)[C@H]1C[C@H](O)C(C)(C)O1. The standard InChI is InChI=1S/C30H48O3/c1-18(22-17-25(32)27(4,5)33-22)19-11-15-30(8)21-9-10-23-26(2,3)24(31)13-14-28(23,6)20(21)12-16-29(19,30)7/h9,12,18-19,22-25,31-32H,10-11,13-17H2,1-8H3/t18-,19+,22+,23?,24-,25-,28+,29+,30-/m0/s1. The molecule has 1 heterocycles. The zero-order chi connectivity index (χ0) is 24.2. The minimum atomic E-state index is -0.435. The van der Waals surface area contributed by atoms with Gasteiger partial charge in [0.15, 0.2) is 0 Å². The number of rotatable bonds is 2. The first-order valence-electron chi connectivity index (χ1n) is 13.6. The number of hydrogen-bond acceptors (Lipinski definition) is 3. The van der Waals surface area contributed by atoms with E-state index in [0.29, 0.717) is 17.8 Å². The van der Waals surface area contributed by atoms with Gasteiger partial charge in [-0.1, -0.05) is 53.7 Å². The Morgan fingerprint density at radius 1 is 0.909 bits per heavy atom. The molecule has 1 aliphatic heterocycles. The van der Waals surface area contributed by atoms with Crippen molar-refractivity contribution in [3.8, 4) is 0 Å². The summed E-state index contributed by atoms with van der Waals surface area (Å²) in [5.41, 5.74) is 3.34. The van der Waals surface area contributed by atoms with Gasteiger partial charge in [-0.05, 0) is 103 Å². The Balaban J connectivity index is 1.48. The fourth-order valence-electron chi connectivity index (χ4n) is 9.48. The Morgan fingerprint density at radius 3 is 2.24 bits per heavy atom. The van der Waals surface area contributed by atoms with Crippen molar-refractivity contribution in [2.24, 2.45) is 39.4 Å². The van der Waals surface area contributed by atoms with Crippen LogP contribution in [0, 0.1) is 39.4 Å². The summed E-state index contributed by atoms with van der Waals surface area (Å²) in [5, 5.41) is 21.4. The summed E-state index contributed by atoms with van der Waals surface area (Å²) in [6.45, 7) is 18.6. The summed E-state index contributed by atoms with van der Waals surface area (Å²) in [6.07, 6.45) is 12.3. The molecule has 0 aromatic carbocycles. The van der Waals surface area contributed by atoms with E-state index in [9.17, 15) is 10.2 Å². The van der Waals surface area contributed by atoms with Gasteiger partial charge in [0.25, 0.3) is 0 Å². The average molecular weight is 457 g/mol. The van der Waals surface area contributed by atoms with E-state index >= 15 is 0 Å². The third kappa shape index (κ3) is 3.04. The normalized spacial score (nSPS) is 51.2. The predicted molar refractivity (Wildman–Crippen MR) is 134 cm³/mol. The van der Waals surface area contributed by atoms with Crippen molar-refractivity contribution in [2.45, 2.75) is 124 Å². The van der Waals surface area contributed by atoms with Crippen LogP contribution in [0.2, 0.25) is 0 Å². The minimum Gasteiger partial charge on any atom is -0.393 e. The van der Waals surface area contributed by atoms with Crippen molar-refractivity contribution in [3.63, 3.8) is 0 Å². The second-order valence-corrected chi connectivity index (χ2v) is 14.3. The van der Waals surface area contributed by atoms with Crippen LogP contribution in [0.15, 0.2) is 23.3 Å². The number of aliphatic hydroxyl groups is 2. The summed E-state index contributed by atoms with van der Waals surface area (Å²) < 4.78 is 6.42. The molecule has 0 radical (unpaired) electrons. The molecule has 2 saturated carbocycles. The van der Waals surface area contributed by atoms with Crippen molar-refractivity contribution in [2.75, 3.05) is 0 Å². The van der Waals surface area contributed by atoms with Crippen LogP contribution in [0.4, 0.5) is 0 Å². The van der Waals surface area contributed by atoms with Crippen LogP contribution in [0.1, 0.15) is 100 Å². The van der Waals surface area contributed by atoms with Crippen molar-refractivity contribution in [1.82, 2.24) is 0 Å².